The van der Waals surface area contributed by atoms with Crippen molar-refractivity contribution in [2.75, 3.05) is 0 Å². The molecule has 2 aromatic rings. The zero-order chi connectivity index (χ0) is 16.4. The molecule has 0 aromatic heterocycles. The first-order valence-corrected chi connectivity index (χ1v) is 6.74. The quantitative estimate of drug-likeness (QED) is 0.846. The number of aliphatic carboxylic acids is 2. The Morgan fingerprint density at radius 2 is 1.27 bits per heavy atom. The van der Waals surface area contributed by atoms with Gasteiger partial charge in [-0.1, -0.05) is 66.7 Å². The van der Waals surface area contributed by atoms with Gasteiger partial charge in [-0.3, -0.25) is 4.79 Å². The largest absolute Gasteiger partial charge is 0.481 e. The van der Waals surface area contributed by atoms with Crippen molar-refractivity contribution in [3.8, 4) is 0 Å². The molecule has 4 heteroatoms. The third-order valence-corrected chi connectivity index (χ3v) is 2.82. The van der Waals surface area contributed by atoms with Crippen LogP contribution in [0.25, 0.3) is 0 Å². The van der Waals surface area contributed by atoms with E-state index in [0.717, 1.165) is 17.2 Å². The van der Waals surface area contributed by atoms with Gasteiger partial charge in [-0.15, -0.1) is 0 Å². The van der Waals surface area contributed by atoms with Gasteiger partial charge in [0.05, 0.1) is 0 Å². The number of carboxylic acids is 2. The first kappa shape index (κ1) is 17.2. The highest BCUT2D eigenvalue weighted by Crippen LogP contribution is 2.24. The SMILES string of the molecule is CC=CC(=O)O.O=C(O)C(c1ccccc1)c1ccccc1. The summed E-state index contributed by atoms with van der Waals surface area (Å²) in [5.74, 6) is -2.29. The minimum absolute atomic E-state index is 0.581. The van der Waals surface area contributed by atoms with E-state index in [4.69, 9.17) is 5.11 Å². The lowest BCUT2D eigenvalue weighted by Crippen LogP contribution is -2.12. The smallest absolute Gasteiger partial charge is 0.327 e. The van der Waals surface area contributed by atoms with Gasteiger partial charge in [-0.25, -0.2) is 4.79 Å². The number of hydrogen-bond donors (Lipinski definition) is 2. The van der Waals surface area contributed by atoms with E-state index in [-0.39, 0.29) is 0 Å². The van der Waals surface area contributed by atoms with Crippen LogP contribution in [-0.4, -0.2) is 22.2 Å². The summed E-state index contributed by atoms with van der Waals surface area (Å²) in [5, 5.41) is 17.1. The molecular weight excluding hydrogens is 280 g/mol. The van der Waals surface area contributed by atoms with Crippen LogP contribution in [0.4, 0.5) is 0 Å². The predicted octanol–water partition coefficient (Wildman–Crippen LogP) is 3.55. The van der Waals surface area contributed by atoms with Gasteiger partial charge >= 0.3 is 11.9 Å². The highest BCUT2D eigenvalue weighted by molar-refractivity contribution is 5.80. The van der Waals surface area contributed by atoms with Crippen LogP contribution >= 0.6 is 0 Å². The van der Waals surface area contributed by atoms with Crippen molar-refractivity contribution >= 4 is 11.9 Å². The summed E-state index contributed by atoms with van der Waals surface area (Å²) in [6.45, 7) is 1.66. The number of hydrogen-bond acceptors (Lipinski definition) is 2. The van der Waals surface area contributed by atoms with E-state index in [1.165, 1.54) is 6.08 Å². The Morgan fingerprint density at radius 3 is 1.50 bits per heavy atom. The van der Waals surface area contributed by atoms with Gasteiger partial charge < -0.3 is 10.2 Å². The van der Waals surface area contributed by atoms with Crippen molar-refractivity contribution in [2.45, 2.75) is 12.8 Å². The molecule has 0 bridgehead atoms. The molecule has 2 aromatic carbocycles. The first-order valence-electron chi connectivity index (χ1n) is 6.74. The van der Waals surface area contributed by atoms with Crippen molar-refractivity contribution in [3.63, 3.8) is 0 Å². The summed E-state index contributed by atoms with van der Waals surface area (Å²) in [4.78, 5) is 20.8. The molecule has 4 nitrogen and oxygen atoms in total. The molecule has 0 aliphatic heterocycles. The zero-order valence-corrected chi connectivity index (χ0v) is 12.2. The molecule has 0 aliphatic carbocycles. The van der Waals surface area contributed by atoms with Crippen molar-refractivity contribution in [1.82, 2.24) is 0 Å². The number of carboxylic acid groups (broad SMARTS) is 2. The average molecular weight is 298 g/mol. The lowest BCUT2D eigenvalue weighted by atomic mass is 9.92. The summed E-state index contributed by atoms with van der Waals surface area (Å²) in [6, 6.07) is 18.5. The normalized spacial score (nSPS) is 10.1. The molecule has 0 amide bonds. The van der Waals surface area contributed by atoms with Gasteiger partial charge in [0.2, 0.25) is 0 Å². The molecule has 0 aliphatic rings. The maximum atomic E-state index is 11.3. The maximum Gasteiger partial charge on any atom is 0.327 e. The summed E-state index contributed by atoms with van der Waals surface area (Å²) >= 11 is 0. The molecule has 114 valence electrons. The summed E-state index contributed by atoms with van der Waals surface area (Å²) in [5.41, 5.74) is 1.61. The molecular formula is C18H18O4. The molecule has 0 unspecified atom stereocenters. The van der Waals surface area contributed by atoms with E-state index in [9.17, 15) is 14.7 Å². The Balaban J connectivity index is 0.000000346. The molecule has 0 atom stereocenters. The molecule has 0 fully saturated rings. The van der Waals surface area contributed by atoms with Gasteiger partial charge in [0.1, 0.15) is 5.92 Å². The van der Waals surface area contributed by atoms with E-state index in [0.29, 0.717) is 0 Å². The van der Waals surface area contributed by atoms with Gasteiger partial charge in [0.25, 0.3) is 0 Å². The molecule has 0 radical (unpaired) electrons. The highest BCUT2D eigenvalue weighted by atomic mass is 16.4. The molecule has 22 heavy (non-hydrogen) atoms. The number of benzene rings is 2. The van der Waals surface area contributed by atoms with Gasteiger partial charge in [0, 0.05) is 6.08 Å². The second-order valence-corrected chi connectivity index (χ2v) is 4.43. The van der Waals surface area contributed by atoms with Crippen molar-refractivity contribution in [1.29, 1.82) is 0 Å². The first-order chi connectivity index (χ1) is 10.6. The van der Waals surface area contributed by atoms with E-state index in [1.54, 1.807) is 6.92 Å². The van der Waals surface area contributed by atoms with Crippen LogP contribution < -0.4 is 0 Å². The number of carbonyl (C=O) groups is 2. The second-order valence-electron chi connectivity index (χ2n) is 4.43. The van der Waals surface area contributed by atoms with E-state index >= 15 is 0 Å². The van der Waals surface area contributed by atoms with Gasteiger partial charge in [0.15, 0.2) is 0 Å². The standard InChI is InChI=1S/C14H12O2.C4H6O2/c15-14(16)13(11-7-3-1-4-8-11)12-9-5-2-6-10-12;1-2-3-4(5)6/h1-10,13H,(H,15,16);2-3H,1H3,(H,5,6). The molecule has 0 saturated carbocycles. The topological polar surface area (TPSA) is 74.6 Å². The van der Waals surface area contributed by atoms with Crippen LogP contribution in [-0.2, 0) is 9.59 Å². The van der Waals surface area contributed by atoms with E-state index in [2.05, 4.69) is 0 Å². The monoisotopic (exact) mass is 298 g/mol. The predicted molar refractivity (Wildman–Crippen MR) is 84.8 cm³/mol. The fourth-order valence-electron chi connectivity index (χ4n) is 1.91. The minimum Gasteiger partial charge on any atom is -0.481 e. The molecule has 0 spiro atoms. The van der Waals surface area contributed by atoms with Crippen LogP contribution in [0.15, 0.2) is 72.8 Å². The third-order valence-electron chi connectivity index (χ3n) is 2.82. The maximum absolute atomic E-state index is 11.3. The lowest BCUT2D eigenvalue weighted by molar-refractivity contribution is -0.137. The van der Waals surface area contributed by atoms with Crippen molar-refractivity contribution in [2.24, 2.45) is 0 Å². The van der Waals surface area contributed by atoms with Crippen LogP contribution in [0.5, 0.6) is 0 Å². The fraction of sp³-hybridized carbons (Fsp3) is 0.111. The Bertz CT molecular complexity index is 579. The fourth-order valence-corrected chi connectivity index (χ4v) is 1.91. The van der Waals surface area contributed by atoms with E-state index in [1.807, 2.05) is 60.7 Å². The van der Waals surface area contributed by atoms with Crippen LogP contribution in [0.2, 0.25) is 0 Å². The Morgan fingerprint density at radius 1 is 0.864 bits per heavy atom. The molecule has 2 rings (SSSR count). The Hall–Kier alpha value is -2.88. The highest BCUT2D eigenvalue weighted by Gasteiger charge is 2.20. The number of allylic oxidation sites excluding steroid dienone is 1. The Kier molecular flexibility index (Phi) is 7.13. The number of rotatable bonds is 4. The molecule has 2 N–H and O–H groups in total. The zero-order valence-electron chi connectivity index (χ0n) is 12.2. The van der Waals surface area contributed by atoms with Crippen molar-refractivity contribution in [3.05, 3.63) is 83.9 Å². The van der Waals surface area contributed by atoms with Crippen molar-refractivity contribution < 1.29 is 19.8 Å². The lowest BCUT2D eigenvalue weighted by Gasteiger charge is -2.12. The summed E-state index contributed by atoms with van der Waals surface area (Å²) in [7, 11) is 0. The second kappa shape index (κ2) is 9.13. The van der Waals surface area contributed by atoms with Crippen LogP contribution in [0.1, 0.15) is 24.0 Å². The van der Waals surface area contributed by atoms with Crippen LogP contribution in [0, 0.1) is 0 Å². The van der Waals surface area contributed by atoms with Gasteiger partial charge in [-0.05, 0) is 18.1 Å². The summed E-state index contributed by atoms with van der Waals surface area (Å²) in [6.07, 6.45) is 2.56. The van der Waals surface area contributed by atoms with E-state index < -0.39 is 17.9 Å². The minimum atomic E-state index is -0.891. The average Bonchev–Trinajstić information content (AvgIpc) is 2.50. The van der Waals surface area contributed by atoms with Crippen LogP contribution in [0.3, 0.4) is 0 Å². The molecule has 0 saturated heterocycles. The van der Waals surface area contributed by atoms with Gasteiger partial charge in [-0.2, -0.15) is 0 Å². The summed E-state index contributed by atoms with van der Waals surface area (Å²) < 4.78 is 0. The third kappa shape index (κ3) is 5.63. The Labute approximate surface area is 129 Å². The molecule has 0 heterocycles.